The van der Waals surface area contributed by atoms with E-state index >= 15 is 0 Å². The second-order valence-corrected chi connectivity index (χ2v) is 7.45. The molecule has 2 fully saturated rings. The Balaban J connectivity index is 1.70. The van der Waals surface area contributed by atoms with Gasteiger partial charge in [-0.2, -0.15) is 0 Å². The van der Waals surface area contributed by atoms with Crippen molar-refractivity contribution in [2.75, 3.05) is 52.2 Å². The molecule has 7 heteroatoms. The molecule has 2 aliphatic rings. The molecule has 0 aromatic heterocycles. The lowest BCUT2D eigenvalue weighted by Gasteiger charge is -2.49. The van der Waals surface area contributed by atoms with E-state index in [9.17, 15) is 9.59 Å². The van der Waals surface area contributed by atoms with Gasteiger partial charge < -0.3 is 19.9 Å². The Labute approximate surface area is 161 Å². The van der Waals surface area contributed by atoms with Gasteiger partial charge in [-0.1, -0.05) is 6.07 Å². The number of ether oxygens (including phenoxy) is 1. The first-order chi connectivity index (χ1) is 13.0. The molecule has 0 unspecified atom stereocenters. The van der Waals surface area contributed by atoms with Crippen molar-refractivity contribution in [3.8, 4) is 5.75 Å². The molecule has 0 saturated carbocycles. The number of piperazine rings is 1. The molecular formula is C20H30N4O3. The van der Waals surface area contributed by atoms with E-state index in [4.69, 9.17) is 4.74 Å². The molecule has 148 valence electrons. The zero-order chi connectivity index (χ0) is 19.4. The van der Waals surface area contributed by atoms with Crippen molar-refractivity contribution in [3.63, 3.8) is 0 Å². The summed E-state index contributed by atoms with van der Waals surface area (Å²) in [5.74, 6) is 0.935. The number of urea groups is 1. The number of likely N-dealkylation sites (N-methyl/N-ethyl adjacent to an activating group) is 1. The Morgan fingerprint density at radius 3 is 2.81 bits per heavy atom. The Morgan fingerprint density at radius 2 is 2.07 bits per heavy atom. The predicted molar refractivity (Wildman–Crippen MR) is 105 cm³/mol. The van der Waals surface area contributed by atoms with Crippen LogP contribution in [-0.4, -0.2) is 79.1 Å². The lowest BCUT2D eigenvalue weighted by molar-refractivity contribution is -0.130. The third-order valence-electron chi connectivity index (χ3n) is 5.99. The maximum Gasteiger partial charge on any atom is 0.321 e. The number of amides is 3. The molecule has 27 heavy (non-hydrogen) atoms. The zero-order valence-corrected chi connectivity index (χ0v) is 16.5. The summed E-state index contributed by atoms with van der Waals surface area (Å²) in [6, 6.07) is 7.28. The number of benzene rings is 1. The van der Waals surface area contributed by atoms with E-state index in [0.29, 0.717) is 25.3 Å². The molecule has 1 N–H and O–H groups in total. The minimum absolute atomic E-state index is 0.0985. The van der Waals surface area contributed by atoms with Crippen LogP contribution in [-0.2, 0) is 4.79 Å². The fraction of sp³-hybridized carbons (Fsp3) is 0.600. The molecule has 0 aliphatic carbocycles. The van der Waals surface area contributed by atoms with Crippen LogP contribution >= 0.6 is 0 Å². The monoisotopic (exact) mass is 374 g/mol. The van der Waals surface area contributed by atoms with Crippen LogP contribution < -0.4 is 10.1 Å². The van der Waals surface area contributed by atoms with Gasteiger partial charge in [0.1, 0.15) is 5.75 Å². The van der Waals surface area contributed by atoms with Gasteiger partial charge in [0.05, 0.1) is 7.11 Å². The topological polar surface area (TPSA) is 65.1 Å². The van der Waals surface area contributed by atoms with E-state index in [1.54, 1.807) is 7.11 Å². The lowest BCUT2D eigenvalue weighted by atomic mass is 9.86. The first-order valence-corrected chi connectivity index (χ1v) is 9.66. The second kappa shape index (κ2) is 8.17. The molecule has 3 amide bonds. The smallest absolute Gasteiger partial charge is 0.321 e. The van der Waals surface area contributed by atoms with Crippen LogP contribution in [0, 0.1) is 0 Å². The molecule has 2 aliphatic heterocycles. The van der Waals surface area contributed by atoms with Crippen LogP contribution in [0.3, 0.4) is 0 Å². The average molecular weight is 374 g/mol. The van der Waals surface area contributed by atoms with Crippen molar-refractivity contribution in [2.24, 2.45) is 0 Å². The molecule has 1 aromatic rings. The maximum atomic E-state index is 12.8. The van der Waals surface area contributed by atoms with Gasteiger partial charge in [0.15, 0.2) is 0 Å². The van der Waals surface area contributed by atoms with E-state index in [1.807, 2.05) is 41.0 Å². The molecule has 1 atom stereocenters. The number of hydrogen-bond acceptors (Lipinski definition) is 4. The molecule has 7 nitrogen and oxygen atoms in total. The standard InChI is InChI=1S/C20H30N4O3/c1-4-23-11-10-20(9-8-18(23)25)15-24(13-12-22(20)2)19(26)21-16-6-5-7-17(14-16)27-3/h5-7,14H,4,8-13,15H2,1-3H3,(H,21,26)/t20-/m1/s1. The highest BCUT2D eigenvalue weighted by Gasteiger charge is 2.43. The fourth-order valence-corrected chi connectivity index (χ4v) is 4.10. The summed E-state index contributed by atoms with van der Waals surface area (Å²) in [6.07, 6.45) is 2.23. The summed E-state index contributed by atoms with van der Waals surface area (Å²) >= 11 is 0. The lowest BCUT2D eigenvalue weighted by Crippen LogP contribution is -2.62. The van der Waals surface area contributed by atoms with Gasteiger partial charge >= 0.3 is 6.03 Å². The van der Waals surface area contributed by atoms with Gasteiger partial charge in [-0.3, -0.25) is 9.69 Å². The quantitative estimate of drug-likeness (QED) is 0.881. The van der Waals surface area contributed by atoms with Gasteiger partial charge in [0.2, 0.25) is 5.91 Å². The summed E-state index contributed by atoms with van der Waals surface area (Å²) in [5, 5.41) is 2.98. The van der Waals surface area contributed by atoms with Crippen molar-refractivity contribution in [2.45, 2.75) is 31.7 Å². The number of nitrogens with zero attached hydrogens (tertiary/aromatic N) is 3. The van der Waals surface area contributed by atoms with Crippen LogP contribution in [0.2, 0.25) is 0 Å². The van der Waals surface area contributed by atoms with E-state index in [1.165, 1.54) is 0 Å². The molecule has 0 radical (unpaired) electrons. The van der Waals surface area contributed by atoms with Crippen molar-refractivity contribution >= 4 is 17.6 Å². The van der Waals surface area contributed by atoms with Crippen molar-refractivity contribution in [1.29, 1.82) is 0 Å². The fourth-order valence-electron chi connectivity index (χ4n) is 4.10. The van der Waals surface area contributed by atoms with Gasteiger partial charge in [-0.15, -0.1) is 0 Å². The molecule has 2 saturated heterocycles. The molecule has 3 rings (SSSR count). The highest BCUT2D eigenvalue weighted by molar-refractivity contribution is 5.89. The minimum Gasteiger partial charge on any atom is -0.497 e. The van der Waals surface area contributed by atoms with Gasteiger partial charge in [0, 0.05) is 56.4 Å². The number of carbonyl (C=O) groups excluding carboxylic acids is 2. The molecule has 1 spiro atoms. The molecule has 1 aromatic carbocycles. The Hall–Kier alpha value is -2.28. The van der Waals surface area contributed by atoms with Crippen LogP contribution in [0.5, 0.6) is 5.75 Å². The summed E-state index contributed by atoms with van der Waals surface area (Å²) in [5.41, 5.74) is 0.587. The number of likely N-dealkylation sites (tertiary alicyclic amines) is 1. The summed E-state index contributed by atoms with van der Waals surface area (Å²) in [7, 11) is 3.72. The number of rotatable bonds is 3. The number of anilines is 1. The average Bonchev–Trinajstić information content (AvgIpc) is 2.84. The highest BCUT2D eigenvalue weighted by Crippen LogP contribution is 2.32. The predicted octanol–water partition coefficient (Wildman–Crippen LogP) is 2.25. The summed E-state index contributed by atoms with van der Waals surface area (Å²) < 4.78 is 5.22. The van der Waals surface area contributed by atoms with Crippen LogP contribution in [0.4, 0.5) is 10.5 Å². The first kappa shape index (κ1) is 19.5. The Morgan fingerprint density at radius 1 is 1.26 bits per heavy atom. The van der Waals surface area contributed by atoms with Gasteiger partial charge in [-0.25, -0.2) is 4.79 Å². The van der Waals surface area contributed by atoms with Crippen LogP contribution in [0.15, 0.2) is 24.3 Å². The molecule has 0 bridgehead atoms. The number of nitrogens with one attached hydrogen (secondary N) is 1. The van der Waals surface area contributed by atoms with Crippen molar-refractivity contribution < 1.29 is 14.3 Å². The summed E-state index contributed by atoms with van der Waals surface area (Å²) in [4.78, 5) is 31.3. The third-order valence-corrected chi connectivity index (χ3v) is 5.99. The van der Waals surface area contributed by atoms with Crippen LogP contribution in [0.25, 0.3) is 0 Å². The van der Waals surface area contributed by atoms with Crippen LogP contribution in [0.1, 0.15) is 26.2 Å². The van der Waals surface area contributed by atoms with E-state index < -0.39 is 0 Å². The van der Waals surface area contributed by atoms with Gasteiger partial charge in [-0.05, 0) is 38.9 Å². The highest BCUT2D eigenvalue weighted by atomic mass is 16.5. The van der Waals surface area contributed by atoms with E-state index in [0.717, 1.165) is 38.2 Å². The van der Waals surface area contributed by atoms with Gasteiger partial charge in [0.25, 0.3) is 0 Å². The molecular weight excluding hydrogens is 344 g/mol. The minimum atomic E-state index is -0.135. The third kappa shape index (κ3) is 4.18. The molecule has 2 heterocycles. The zero-order valence-electron chi connectivity index (χ0n) is 16.5. The second-order valence-electron chi connectivity index (χ2n) is 7.45. The Bertz CT molecular complexity index is 696. The first-order valence-electron chi connectivity index (χ1n) is 9.66. The van der Waals surface area contributed by atoms with Crippen molar-refractivity contribution in [1.82, 2.24) is 14.7 Å². The normalized spacial score (nSPS) is 24.0. The number of carbonyl (C=O) groups is 2. The largest absolute Gasteiger partial charge is 0.497 e. The maximum absolute atomic E-state index is 12.8. The summed E-state index contributed by atoms with van der Waals surface area (Å²) in [6.45, 7) is 5.66. The van der Waals surface area contributed by atoms with E-state index in [-0.39, 0.29) is 17.5 Å². The number of hydrogen-bond donors (Lipinski definition) is 1. The SMILES string of the molecule is CCN1CC[C@]2(CCC1=O)CN(C(=O)Nc1cccc(OC)c1)CCN2C. The van der Waals surface area contributed by atoms with E-state index in [2.05, 4.69) is 17.3 Å². The Kier molecular flexibility index (Phi) is 5.89. The van der Waals surface area contributed by atoms with Crippen molar-refractivity contribution in [3.05, 3.63) is 24.3 Å². The number of methoxy groups -OCH3 is 1.